The molecule has 1 aromatic carbocycles. The summed E-state index contributed by atoms with van der Waals surface area (Å²) >= 11 is 8.70. The lowest BCUT2D eigenvalue weighted by molar-refractivity contribution is 0.550. The molecular formula is C15H16Br2FNS. The van der Waals surface area contributed by atoms with Crippen LogP contribution < -0.4 is 5.32 Å². The molecule has 1 unspecified atom stereocenters. The van der Waals surface area contributed by atoms with Crippen LogP contribution in [0, 0.1) is 12.7 Å². The Balaban J connectivity index is 2.46. The second kappa shape index (κ2) is 7.16. The highest BCUT2D eigenvalue weighted by molar-refractivity contribution is 9.10. The van der Waals surface area contributed by atoms with Gasteiger partial charge in [-0.25, -0.2) is 4.39 Å². The SMILES string of the molecule is CCCNC(c1cc(Br)ccc1F)c1sc(C)cc1Br. The molecule has 1 N–H and O–H groups in total. The lowest BCUT2D eigenvalue weighted by Crippen LogP contribution is -2.23. The summed E-state index contributed by atoms with van der Waals surface area (Å²) in [6, 6.07) is 7.04. The van der Waals surface area contributed by atoms with Crippen LogP contribution in [0.2, 0.25) is 0 Å². The lowest BCUT2D eigenvalue weighted by atomic mass is 10.0. The zero-order valence-electron chi connectivity index (χ0n) is 11.3. The number of thiophene rings is 1. The third-order valence-electron chi connectivity index (χ3n) is 2.97. The zero-order valence-corrected chi connectivity index (χ0v) is 15.3. The van der Waals surface area contributed by atoms with E-state index in [9.17, 15) is 4.39 Å². The van der Waals surface area contributed by atoms with Gasteiger partial charge in [0.15, 0.2) is 0 Å². The summed E-state index contributed by atoms with van der Waals surface area (Å²) in [5.41, 5.74) is 0.676. The number of aryl methyl sites for hydroxylation is 1. The van der Waals surface area contributed by atoms with Gasteiger partial charge in [0.2, 0.25) is 0 Å². The number of hydrogen-bond donors (Lipinski definition) is 1. The fourth-order valence-corrected chi connectivity index (χ4v) is 4.42. The molecule has 0 fully saturated rings. The number of halogens is 3. The van der Waals surface area contributed by atoms with Crippen LogP contribution in [-0.2, 0) is 0 Å². The topological polar surface area (TPSA) is 12.0 Å². The Morgan fingerprint density at radius 3 is 2.65 bits per heavy atom. The first-order chi connectivity index (χ1) is 9.52. The van der Waals surface area contributed by atoms with E-state index in [1.807, 2.05) is 6.07 Å². The van der Waals surface area contributed by atoms with E-state index in [1.165, 1.54) is 10.9 Å². The van der Waals surface area contributed by atoms with Crippen molar-refractivity contribution in [3.8, 4) is 0 Å². The van der Waals surface area contributed by atoms with Crippen molar-refractivity contribution >= 4 is 43.2 Å². The van der Waals surface area contributed by atoms with E-state index in [0.29, 0.717) is 5.56 Å². The maximum Gasteiger partial charge on any atom is 0.128 e. The molecule has 0 spiro atoms. The minimum atomic E-state index is -0.181. The highest BCUT2D eigenvalue weighted by atomic mass is 79.9. The van der Waals surface area contributed by atoms with E-state index in [4.69, 9.17) is 0 Å². The van der Waals surface area contributed by atoms with E-state index in [1.54, 1.807) is 17.4 Å². The molecule has 1 heterocycles. The minimum Gasteiger partial charge on any atom is -0.305 e. The molecule has 0 bridgehead atoms. The van der Waals surface area contributed by atoms with Crippen LogP contribution in [0.1, 0.15) is 34.7 Å². The smallest absolute Gasteiger partial charge is 0.128 e. The molecule has 1 aromatic heterocycles. The van der Waals surface area contributed by atoms with Crippen LogP contribution in [0.3, 0.4) is 0 Å². The van der Waals surface area contributed by atoms with Crippen molar-refractivity contribution in [3.63, 3.8) is 0 Å². The maximum absolute atomic E-state index is 14.2. The van der Waals surface area contributed by atoms with Crippen LogP contribution >= 0.6 is 43.2 Å². The molecule has 2 aromatic rings. The van der Waals surface area contributed by atoms with Crippen molar-refractivity contribution in [1.29, 1.82) is 0 Å². The Morgan fingerprint density at radius 1 is 1.30 bits per heavy atom. The average Bonchev–Trinajstić information content (AvgIpc) is 2.73. The van der Waals surface area contributed by atoms with Gasteiger partial charge in [0, 0.05) is 24.3 Å². The van der Waals surface area contributed by atoms with Crippen molar-refractivity contribution in [2.24, 2.45) is 0 Å². The molecule has 1 atom stereocenters. The number of benzene rings is 1. The summed E-state index contributed by atoms with van der Waals surface area (Å²) in [7, 11) is 0. The van der Waals surface area contributed by atoms with Gasteiger partial charge in [0.05, 0.1) is 6.04 Å². The average molecular weight is 421 g/mol. The fourth-order valence-electron chi connectivity index (χ4n) is 2.07. The number of rotatable bonds is 5. The van der Waals surface area contributed by atoms with Gasteiger partial charge in [-0.05, 0) is 60.1 Å². The predicted molar refractivity (Wildman–Crippen MR) is 91.0 cm³/mol. The first-order valence-corrected chi connectivity index (χ1v) is 8.87. The third-order valence-corrected chi connectivity index (χ3v) is 5.49. The van der Waals surface area contributed by atoms with Crippen molar-refractivity contribution in [1.82, 2.24) is 5.32 Å². The first-order valence-electron chi connectivity index (χ1n) is 6.47. The molecule has 0 saturated heterocycles. The largest absolute Gasteiger partial charge is 0.305 e. The summed E-state index contributed by atoms with van der Waals surface area (Å²) in [5, 5.41) is 3.44. The molecule has 5 heteroatoms. The predicted octanol–water partition coefficient (Wildman–Crippen LogP) is 5.81. The quantitative estimate of drug-likeness (QED) is 0.643. The van der Waals surface area contributed by atoms with Crippen molar-refractivity contribution in [3.05, 3.63) is 54.3 Å². The Bertz CT molecular complexity index is 598. The zero-order chi connectivity index (χ0) is 14.7. The van der Waals surface area contributed by atoms with Crippen LogP contribution in [0.25, 0.3) is 0 Å². The fraction of sp³-hybridized carbons (Fsp3) is 0.333. The number of nitrogens with one attached hydrogen (secondary N) is 1. The van der Waals surface area contributed by atoms with Crippen molar-refractivity contribution in [2.45, 2.75) is 26.3 Å². The Hall–Kier alpha value is -0.230. The Labute approximate surface area is 139 Å². The van der Waals surface area contributed by atoms with Gasteiger partial charge in [0.25, 0.3) is 0 Å². The molecule has 0 aliphatic heterocycles. The molecule has 1 nitrogen and oxygen atoms in total. The minimum absolute atomic E-state index is 0.125. The van der Waals surface area contributed by atoms with Gasteiger partial charge in [-0.1, -0.05) is 22.9 Å². The normalized spacial score (nSPS) is 12.7. The summed E-state index contributed by atoms with van der Waals surface area (Å²) in [4.78, 5) is 2.33. The molecule has 108 valence electrons. The summed E-state index contributed by atoms with van der Waals surface area (Å²) < 4.78 is 16.1. The summed E-state index contributed by atoms with van der Waals surface area (Å²) in [6.45, 7) is 5.02. The highest BCUT2D eigenvalue weighted by Crippen LogP contribution is 2.37. The van der Waals surface area contributed by atoms with E-state index in [-0.39, 0.29) is 11.9 Å². The molecule has 0 radical (unpaired) electrons. The third kappa shape index (κ3) is 3.70. The molecule has 20 heavy (non-hydrogen) atoms. The van der Waals surface area contributed by atoms with Gasteiger partial charge < -0.3 is 5.32 Å². The highest BCUT2D eigenvalue weighted by Gasteiger charge is 2.22. The standard InChI is InChI=1S/C15H16Br2FNS/c1-3-6-19-14(15-12(17)7-9(2)20-15)11-8-10(16)4-5-13(11)18/h4-5,7-8,14,19H,3,6H2,1-2H3. The van der Waals surface area contributed by atoms with Gasteiger partial charge in [-0.15, -0.1) is 11.3 Å². The molecule has 2 rings (SSSR count). The maximum atomic E-state index is 14.2. The molecule has 0 aliphatic carbocycles. The van der Waals surface area contributed by atoms with Crippen LogP contribution in [0.15, 0.2) is 33.2 Å². The van der Waals surface area contributed by atoms with E-state index < -0.39 is 0 Å². The lowest BCUT2D eigenvalue weighted by Gasteiger charge is -2.19. The molecule has 0 aliphatic rings. The summed E-state index contributed by atoms with van der Waals surface area (Å²) in [6.07, 6.45) is 1.01. The molecule has 0 saturated carbocycles. The van der Waals surface area contributed by atoms with Crippen molar-refractivity contribution < 1.29 is 4.39 Å². The molecular weight excluding hydrogens is 405 g/mol. The van der Waals surface area contributed by atoms with E-state index in [0.717, 1.165) is 26.8 Å². The Kier molecular flexibility index (Phi) is 5.78. The second-order valence-electron chi connectivity index (χ2n) is 4.62. The van der Waals surface area contributed by atoms with Crippen LogP contribution in [-0.4, -0.2) is 6.54 Å². The van der Waals surface area contributed by atoms with Gasteiger partial charge in [-0.3, -0.25) is 0 Å². The van der Waals surface area contributed by atoms with Gasteiger partial charge in [0.1, 0.15) is 5.82 Å². The van der Waals surface area contributed by atoms with Crippen molar-refractivity contribution in [2.75, 3.05) is 6.54 Å². The van der Waals surface area contributed by atoms with E-state index in [2.05, 4.69) is 57.1 Å². The van der Waals surface area contributed by atoms with Crippen LogP contribution in [0.5, 0.6) is 0 Å². The summed E-state index contributed by atoms with van der Waals surface area (Å²) in [5.74, 6) is -0.181. The van der Waals surface area contributed by atoms with Gasteiger partial charge >= 0.3 is 0 Å². The molecule has 0 amide bonds. The van der Waals surface area contributed by atoms with Gasteiger partial charge in [-0.2, -0.15) is 0 Å². The van der Waals surface area contributed by atoms with Crippen LogP contribution in [0.4, 0.5) is 4.39 Å². The first kappa shape index (κ1) is 16.1. The number of hydrogen-bond acceptors (Lipinski definition) is 2. The second-order valence-corrected chi connectivity index (χ2v) is 7.68. The monoisotopic (exact) mass is 419 g/mol. The van der Waals surface area contributed by atoms with E-state index >= 15 is 0 Å². The Morgan fingerprint density at radius 2 is 2.05 bits per heavy atom.